The highest BCUT2D eigenvalue weighted by molar-refractivity contribution is 5.87. The van der Waals surface area contributed by atoms with Crippen molar-refractivity contribution in [2.24, 2.45) is 0 Å². The van der Waals surface area contributed by atoms with Gasteiger partial charge in [-0.25, -0.2) is 9.97 Å². The molecule has 1 unspecified atom stereocenters. The summed E-state index contributed by atoms with van der Waals surface area (Å²) in [5.41, 5.74) is 6.97. The van der Waals surface area contributed by atoms with Crippen LogP contribution in [0.1, 0.15) is 18.7 Å². The van der Waals surface area contributed by atoms with E-state index >= 15 is 0 Å². The molecule has 0 saturated carbocycles. The van der Waals surface area contributed by atoms with Gasteiger partial charge in [-0.15, -0.1) is 0 Å². The normalized spacial score (nSPS) is 19.8. The van der Waals surface area contributed by atoms with E-state index in [1.807, 2.05) is 31.3 Å². The maximum absolute atomic E-state index is 6.04. The van der Waals surface area contributed by atoms with Gasteiger partial charge in [0.15, 0.2) is 0 Å². The molecule has 2 aromatic rings. The summed E-state index contributed by atoms with van der Waals surface area (Å²) >= 11 is 0. The summed E-state index contributed by atoms with van der Waals surface area (Å²) in [7, 11) is 2.00. The minimum absolute atomic E-state index is 0.579. The lowest BCUT2D eigenvalue weighted by molar-refractivity contribution is 0.237. The maximum atomic E-state index is 6.04. The lowest BCUT2D eigenvalue weighted by atomic mass is 10.2. The molecule has 1 fully saturated rings. The largest absolute Gasteiger partial charge is 0.383 e. The Morgan fingerprint density at radius 3 is 3.05 bits per heavy atom. The van der Waals surface area contributed by atoms with Crippen LogP contribution < -0.4 is 11.1 Å². The summed E-state index contributed by atoms with van der Waals surface area (Å²) in [6, 6.07) is 8.49. The number of likely N-dealkylation sites (tertiary alicyclic amines) is 1. The van der Waals surface area contributed by atoms with Gasteiger partial charge in [0.05, 0.1) is 12.1 Å². The highest BCUT2D eigenvalue weighted by Crippen LogP contribution is 2.21. The van der Waals surface area contributed by atoms with Crippen LogP contribution in [0.15, 0.2) is 24.3 Å². The van der Waals surface area contributed by atoms with Crippen LogP contribution in [-0.2, 0) is 6.54 Å². The number of fused-ring (bicyclic) bond motifs is 1. The van der Waals surface area contributed by atoms with E-state index in [4.69, 9.17) is 5.73 Å². The molecule has 0 spiro atoms. The molecule has 1 saturated heterocycles. The van der Waals surface area contributed by atoms with Crippen molar-refractivity contribution < 1.29 is 0 Å². The second-order valence-corrected chi connectivity index (χ2v) is 5.37. The third-order valence-electron chi connectivity index (χ3n) is 3.96. The van der Waals surface area contributed by atoms with Gasteiger partial charge in [-0.2, -0.15) is 0 Å². The number of nitrogens with zero attached hydrogens (tertiary/aromatic N) is 3. The van der Waals surface area contributed by atoms with Crippen molar-refractivity contribution in [3.63, 3.8) is 0 Å². The molecule has 3 rings (SSSR count). The quantitative estimate of drug-likeness (QED) is 0.880. The van der Waals surface area contributed by atoms with Crippen molar-refractivity contribution in [3.8, 4) is 0 Å². The Morgan fingerprint density at radius 1 is 1.35 bits per heavy atom. The lowest BCUT2D eigenvalue weighted by Gasteiger charge is -2.23. The SMILES string of the molecule is CNCC1CCCN1Cc1nc(N)c2ccccc2n1. The van der Waals surface area contributed by atoms with Crippen LogP contribution in [0, 0.1) is 0 Å². The van der Waals surface area contributed by atoms with E-state index < -0.39 is 0 Å². The van der Waals surface area contributed by atoms with Crippen molar-refractivity contribution in [1.29, 1.82) is 0 Å². The van der Waals surface area contributed by atoms with E-state index in [2.05, 4.69) is 20.2 Å². The van der Waals surface area contributed by atoms with Crippen LogP contribution >= 0.6 is 0 Å². The molecule has 1 atom stereocenters. The minimum Gasteiger partial charge on any atom is -0.383 e. The molecule has 5 nitrogen and oxygen atoms in total. The first-order valence-corrected chi connectivity index (χ1v) is 7.17. The van der Waals surface area contributed by atoms with Crippen molar-refractivity contribution in [2.75, 3.05) is 25.9 Å². The van der Waals surface area contributed by atoms with E-state index in [1.165, 1.54) is 12.8 Å². The maximum Gasteiger partial charge on any atom is 0.145 e. The second kappa shape index (κ2) is 5.73. The van der Waals surface area contributed by atoms with Crippen LogP contribution in [0.5, 0.6) is 0 Å². The number of hydrogen-bond acceptors (Lipinski definition) is 5. The molecule has 0 radical (unpaired) electrons. The van der Waals surface area contributed by atoms with Crippen molar-refractivity contribution >= 4 is 16.7 Å². The number of anilines is 1. The molecule has 1 aliphatic heterocycles. The van der Waals surface area contributed by atoms with Gasteiger partial charge in [-0.05, 0) is 38.6 Å². The fraction of sp³-hybridized carbons (Fsp3) is 0.467. The molecule has 1 aromatic carbocycles. The molecule has 0 bridgehead atoms. The number of nitrogen functional groups attached to an aromatic ring is 1. The number of benzene rings is 1. The van der Waals surface area contributed by atoms with Crippen LogP contribution in [0.2, 0.25) is 0 Å². The molecule has 0 amide bonds. The van der Waals surface area contributed by atoms with Gasteiger partial charge in [-0.1, -0.05) is 12.1 Å². The Kier molecular flexibility index (Phi) is 3.80. The monoisotopic (exact) mass is 271 g/mol. The van der Waals surface area contributed by atoms with Crippen LogP contribution in [-0.4, -0.2) is 41.0 Å². The minimum atomic E-state index is 0.579. The second-order valence-electron chi connectivity index (χ2n) is 5.37. The Bertz CT molecular complexity index is 598. The van der Waals surface area contributed by atoms with Crippen LogP contribution in [0.3, 0.4) is 0 Å². The van der Waals surface area contributed by atoms with Crippen molar-refractivity contribution in [3.05, 3.63) is 30.1 Å². The van der Waals surface area contributed by atoms with Gasteiger partial charge >= 0.3 is 0 Å². The third kappa shape index (κ3) is 2.59. The van der Waals surface area contributed by atoms with Gasteiger partial charge in [0.1, 0.15) is 11.6 Å². The van der Waals surface area contributed by atoms with E-state index in [-0.39, 0.29) is 0 Å². The molecule has 106 valence electrons. The highest BCUT2D eigenvalue weighted by atomic mass is 15.2. The molecule has 20 heavy (non-hydrogen) atoms. The Hall–Kier alpha value is -1.72. The van der Waals surface area contributed by atoms with Gasteiger partial charge in [-0.3, -0.25) is 4.90 Å². The highest BCUT2D eigenvalue weighted by Gasteiger charge is 2.24. The number of hydrogen-bond donors (Lipinski definition) is 2. The number of nitrogens with two attached hydrogens (primary N) is 1. The smallest absolute Gasteiger partial charge is 0.145 e. The van der Waals surface area contributed by atoms with Gasteiger partial charge in [0.25, 0.3) is 0 Å². The number of likely N-dealkylation sites (N-methyl/N-ethyl adjacent to an activating group) is 1. The first kappa shape index (κ1) is 13.3. The number of para-hydroxylation sites is 1. The Morgan fingerprint density at radius 2 is 2.20 bits per heavy atom. The summed E-state index contributed by atoms with van der Waals surface area (Å²) in [6.45, 7) is 2.91. The zero-order valence-electron chi connectivity index (χ0n) is 11.8. The molecular weight excluding hydrogens is 250 g/mol. The van der Waals surface area contributed by atoms with Crippen LogP contribution in [0.25, 0.3) is 10.9 Å². The van der Waals surface area contributed by atoms with Crippen LogP contribution in [0.4, 0.5) is 5.82 Å². The average molecular weight is 271 g/mol. The van der Waals surface area contributed by atoms with Gasteiger partial charge < -0.3 is 11.1 Å². The molecule has 1 aliphatic rings. The number of aromatic nitrogens is 2. The lowest BCUT2D eigenvalue weighted by Crippen LogP contribution is -2.36. The third-order valence-corrected chi connectivity index (χ3v) is 3.96. The summed E-state index contributed by atoms with van der Waals surface area (Å²) in [4.78, 5) is 11.5. The number of nitrogens with one attached hydrogen (secondary N) is 1. The van der Waals surface area contributed by atoms with E-state index in [9.17, 15) is 0 Å². The van der Waals surface area contributed by atoms with Gasteiger partial charge in [0.2, 0.25) is 0 Å². The first-order valence-electron chi connectivity index (χ1n) is 7.17. The molecule has 0 aliphatic carbocycles. The summed E-state index contributed by atoms with van der Waals surface area (Å²) < 4.78 is 0. The molecule has 2 heterocycles. The van der Waals surface area contributed by atoms with Crippen molar-refractivity contribution in [2.45, 2.75) is 25.4 Å². The molecule has 5 heteroatoms. The number of rotatable bonds is 4. The zero-order chi connectivity index (χ0) is 13.9. The first-order chi connectivity index (χ1) is 9.78. The zero-order valence-corrected chi connectivity index (χ0v) is 11.8. The van der Waals surface area contributed by atoms with E-state index in [1.54, 1.807) is 0 Å². The van der Waals surface area contributed by atoms with E-state index in [0.717, 1.165) is 36.4 Å². The fourth-order valence-corrected chi connectivity index (χ4v) is 2.97. The Labute approximate surface area is 119 Å². The predicted octanol–water partition coefficient (Wildman–Crippen LogP) is 1.40. The predicted molar refractivity (Wildman–Crippen MR) is 81.3 cm³/mol. The fourth-order valence-electron chi connectivity index (χ4n) is 2.97. The summed E-state index contributed by atoms with van der Waals surface area (Å²) in [5.74, 6) is 1.40. The average Bonchev–Trinajstić information content (AvgIpc) is 2.87. The van der Waals surface area contributed by atoms with E-state index in [0.29, 0.717) is 11.9 Å². The molecule has 3 N–H and O–H groups in total. The van der Waals surface area contributed by atoms with Crippen molar-refractivity contribution in [1.82, 2.24) is 20.2 Å². The molecular formula is C15H21N5. The Balaban J connectivity index is 1.84. The van der Waals surface area contributed by atoms with Gasteiger partial charge in [0, 0.05) is 18.0 Å². The standard InChI is InChI=1S/C15H21N5/c1-17-9-11-5-4-8-20(11)10-14-18-13-7-3-2-6-12(13)15(16)19-14/h2-3,6-7,11,17H,4-5,8-10H2,1H3,(H2,16,18,19). The topological polar surface area (TPSA) is 67.1 Å². The summed E-state index contributed by atoms with van der Waals surface area (Å²) in [5, 5.41) is 4.19. The summed E-state index contributed by atoms with van der Waals surface area (Å²) in [6.07, 6.45) is 2.49. The molecule has 1 aromatic heterocycles.